The Bertz CT molecular complexity index is 776. The van der Waals surface area contributed by atoms with E-state index in [0.717, 1.165) is 11.8 Å². The molecule has 0 unspecified atom stereocenters. The largest absolute Gasteiger partial charge is 0.419 e. The minimum absolute atomic E-state index is 0.0276. The number of halogens is 4. The molecule has 1 aromatic carbocycles. The Balaban J connectivity index is 1.57. The van der Waals surface area contributed by atoms with Crippen molar-refractivity contribution in [2.45, 2.75) is 37.9 Å². The molecule has 0 spiro atoms. The average molecular weight is 356 g/mol. The highest BCUT2D eigenvalue weighted by Gasteiger charge is 2.39. The van der Waals surface area contributed by atoms with Crippen LogP contribution in [0.4, 0.5) is 17.6 Å². The molecule has 0 N–H and O–H groups in total. The van der Waals surface area contributed by atoms with Crippen LogP contribution in [-0.2, 0) is 24.1 Å². The molecule has 134 valence electrons. The number of aromatic nitrogens is 3. The first-order valence-corrected chi connectivity index (χ1v) is 8.01. The number of alkyl halides is 3. The van der Waals surface area contributed by atoms with Crippen molar-refractivity contribution in [3.05, 3.63) is 47.0 Å². The monoisotopic (exact) mass is 356 g/mol. The molecular weight excluding hydrogens is 340 g/mol. The van der Waals surface area contributed by atoms with Crippen LogP contribution < -0.4 is 0 Å². The Labute approximate surface area is 141 Å². The van der Waals surface area contributed by atoms with Crippen LogP contribution in [0, 0.1) is 5.82 Å². The Morgan fingerprint density at radius 3 is 2.92 bits per heavy atom. The van der Waals surface area contributed by atoms with Gasteiger partial charge in [0.25, 0.3) is 0 Å². The molecule has 0 saturated carbocycles. The van der Waals surface area contributed by atoms with Gasteiger partial charge in [-0.3, -0.25) is 4.90 Å². The maximum atomic E-state index is 13.7. The van der Waals surface area contributed by atoms with Crippen molar-refractivity contribution in [3.8, 4) is 0 Å². The first-order valence-electron chi connectivity index (χ1n) is 8.01. The van der Waals surface area contributed by atoms with Crippen LogP contribution in [0.25, 0.3) is 0 Å². The fourth-order valence-corrected chi connectivity index (χ4v) is 3.65. The molecule has 1 saturated heterocycles. The van der Waals surface area contributed by atoms with Crippen LogP contribution >= 0.6 is 0 Å². The fraction of sp³-hybridized carbons (Fsp3) is 0.500. The number of nitrogens with zero attached hydrogens (tertiary/aromatic N) is 4. The van der Waals surface area contributed by atoms with Crippen molar-refractivity contribution in [3.63, 3.8) is 0 Å². The van der Waals surface area contributed by atoms with Gasteiger partial charge in [0.05, 0.1) is 36.2 Å². The third kappa shape index (κ3) is 3.02. The van der Waals surface area contributed by atoms with E-state index in [1.807, 2.05) is 4.90 Å². The van der Waals surface area contributed by atoms with Crippen LogP contribution in [0.15, 0.2) is 24.4 Å². The molecule has 9 heteroatoms. The van der Waals surface area contributed by atoms with Crippen molar-refractivity contribution in [2.75, 3.05) is 13.1 Å². The lowest BCUT2D eigenvalue weighted by atomic mass is 9.98. The molecule has 2 aromatic rings. The number of hydrogen-bond donors (Lipinski definition) is 0. The first kappa shape index (κ1) is 16.5. The highest BCUT2D eigenvalue weighted by Crippen LogP contribution is 2.36. The molecule has 25 heavy (non-hydrogen) atoms. The minimum atomic E-state index is -4.72. The Hall–Kier alpha value is -2.00. The summed E-state index contributed by atoms with van der Waals surface area (Å²) in [7, 11) is 0. The van der Waals surface area contributed by atoms with Gasteiger partial charge in [-0.2, -0.15) is 13.2 Å². The van der Waals surface area contributed by atoms with Gasteiger partial charge in [0, 0.05) is 19.6 Å². The molecule has 3 heterocycles. The highest BCUT2D eigenvalue weighted by molar-refractivity contribution is 5.31. The van der Waals surface area contributed by atoms with Gasteiger partial charge in [-0.1, -0.05) is 17.3 Å². The predicted molar refractivity (Wildman–Crippen MR) is 78.9 cm³/mol. The van der Waals surface area contributed by atoms with E-state index in [1.165, 1.54) is 12.1 Å². The van der Waals surface area contributed by atoms with Gasteiger partial charge in [-0.25, -0.2) is 9.07 Å². The maximum Gasteiger partial charge on any atom is 0.419 e. The summed E-state index contributed by atoms with van der Waals surface area (Å²) in [5.41, 5.74) is -0.384. The molecule has 2 aliphatic rings. The average Bonchev–Trinajstić information content (AvgIpc) is 3.02. The Morgan fingerprint density at radius 1 is 1.28 bits per heavy atom. The molecule has 0 aliphatic carbocycles. The lowest BCUT2D eigenvalue weighted by molar-refractivity contribution is -0.141. The normalized spacial score (nSPS) is 24.0. The van der Waals surface area contributed by atoms with Crippen molar-refractivity contribution in [2.24, 2.45) is 0 Å². The summed E-state index contributed by atoms with van der Waals surface area (Å²) in [6.45, 7) is 1.53. The highest BCUT2D eigenvalue weighted by atomic mass is 19.4. The van der Waals surface area contributed by atoms with E-state index in [-0.39, 0.29) is 24.3 Å². The fourth-order valence-electron chi connectivity index (χ4n) is 3.65. The second-order valence-electron chi connectivity index (χ2n) is 6.38. The number of likely N-dealkylation sites (tertiary alicyclic amines) is 1. The Kier molecular flexibility index (Phi) is 3.99. The predicted octanol–water partition coefficient (Wildman–Crippen LogP) is 2.78. The van der Waals surface area contributed by atoms with Gasteiger partial charge in [0.2, 0.25) is 0 Å². The van der Waals surface area contributed by atoms with E-state index < -0.39 is 17.6 Å². The number of fused-ring (bicyclic) bond motifs is 3. The van der Waals surface area contributed by atoms with E-state index in [2.05, 4.69) is 10.3 Å². The Morgan fingerprint density at radius 2 is 2.12 bits per heavy atom. The van der Waals surface area contributed by atoms with E-state index in [1.54, 1.807) is 10.9 Å². The second-order valence-corrected chi connectivity index (χ2v) is 6.38. The van der Waals surface area contributed by atoms with Crippen LogP contribution in [-0.4, -0.2) is 39.1 Å². The molecule has 1 aromatic heterocycles. The summed E-state index contributed by atoms with van der Waals surface area (Å²) in [6, 6.07) is 3.39. The molecule has 4 rings (SSSR count). The molecule has 0 bridgehead atoms. The zero-order valence-electron chi connectivity index (χ0n) is 13.2. The number of hydrogen-bond acceptors (Lipinski definition) is 4. The zero-order valence-corrected chi connectivity index (χ0v) is 13.2. The standard InChI is InChI=1S/C16H16F4N4O/c17-12-3-1-2-10(15(12)16(18,19)20)7-23-5-4-14-13(8-23)24-11(9-25-14)6-21-22-24/h1-3,6,13-14H,4-5,7-9H2/t13-,14-/m1/s1. The molecular formula is C16H16F4N4O. The van der Waals surface area contributed by atoms with Gasteiger partial charge in [-0.05, 0) is 18.1 Å². The summed E-state index contributed by atoms with van der Waals surface area (Å²) < 4.78 is 60.9. The summed E-state index contributed by atoms with van der Waals surface area (Å²) in [6.07, 6.45) is -2.43. The number of ether oxygens (including phenoxy) is 1. The number of piperidine rings is 1. The van der Waals surface area contributed by atoms with E-state index in [9.17, 15) is 17.6 Å². The zero-order chi connectivity index (χ0) is 17.6. The summed E-state index contributed by atoms with van der Waals surface area (Å²) in [4.78, 5) is 1.88. The summed E-state index contributed by atoms with van der Waals surface area (Å²) >= 11 is 0. The van der Waals surface area contributed by atoms with Gasteiger partial charge in [0.1, 0.15) is 5.82 Å². The quantitative estimate of drug-likeness (QED) is 0.776. The maximum absolute atomic E-state index is 13.7. The van der Waals surface area contributed by atoms with Crippen molar-refractivity contribution in [1.29, 1.82) is 0 Å². The third-order valence-electron chi connectivity index (χ3n) is 4.79. The summed E-state index contributed by atoms with van der Waals surface area (Å²) in [5, 5.41) is 7.95. The first-order chi connectivity index (χ1) is 11.9. The van der Waals surface area contributed by atoms with Gasteiger partial charge >= 0.3 is 6.18 Å². The minimum Gasteiger partial charge on any atom is -0.370 e. The number of rotatable bonds is 2. The molecule has 0 radical (unpaired) electrons. The smallest absolute Gasteiger partial charge is 0.370 e. The van der Waals surface area contributed by atoms with E-state index >= 15 is 0 Å². The van der Waals surface area contributed by atoms with E-state index in [0.29, 0.717) is 26.1 Å². The number of benzene rings is 1. The van der Waals surface area contributed by atoms with Crippen LogP contribution in [0.2, 0.25) is 0 Å². The van der Waals surface area contributed by atoms with Gasteiger partial charge in [0.15, 0.2) is 0 Å². The molecule has 5 nitrogen and oxygen atoms in total. The molecule has 1 fully saturated rings. The third-order valence-corrected chi connectivity index (χ3v) is 4.79. The lowest BCUT2D eigenvalue weighted by Crippen LogP contribution is -2.47. The van der Waals surface area contributed by atoms with Crippen molar-refractivity contribution in [1.82, 2.24) is 19.9 Å². The molecule has 2 atom stereocenters. The van der Waals surface area contributed by atoms with Gasteiger partial charge in [-0.15, -0.1) is 5.10 Å². The summed E-state index contributed by atoms with van der Waals surface area (Å²) in [5.74, 6) is -1.24. The van der Waals surface area contributed by atoms with Crippen molar-refractivity contribution < 1.29 is 22.3 Å². The van der Waals surface area contributed by atoms with Gasteiger partial charge < -0.3 is 4.74 Å². The van der Waals surface area contributed by atoms with Crippen LogP contribution in [0.1, 0.15) is 29.3 Å². The van der Waals surface area contributed by atoms with Crippen LogP contribution in [0.3, 0.4) is 0 Å². The SMILES string of the molecule is Fc1cccc(CN2CC[C@H]3OCc4cnnn4[C@@H]3C2)c1C(F)(F)F. The lowest BCUT2D eigenvalue weighted by Gasteiger charge is -2.41. The van der Waals surface area contributed by atoms with Crippen LogP contribution in [0.5, 0.6) is 0 Å². The van der Waals surface area contributed by atoms with E-state index in [4.69, 9.17) is 4.74 Å². The molecule has 2 aliphatic heterocycles. The molecule has 0 amide bonds. The topological polar surface area (TPSA) is 43.2 Å². The van der Waals surface area contributed by atoms with Crippen molar-refractivity contribution >= 4 is 0 Å². The second kappa shape index (κ2) is 6.06.